The topological polar surface area (TPSA) is 127 Å². The van der Waals surface area contributed by atoms with Crippen molar-refractivity contribution in [3.05, 3.63) is 53.4 Å². The molecule has 3 heterocycles. The van der Waals surface area contributed by atoms with Gasteiger partial charge in [-0.05, 0) is 25.0 Å². The molecule has 1 unspecified atom stereocenters. The highest BCUT2D eigenvalue weighted by atomic mass is 31.2. The number of urea groups is 1. The molecule has 5 atom stereocenters. The van der Waals surface area contributed by atoms with Gasteiger partial charge in [-0.25, -0.2) is 13.8 Å². The van der Waals surface area contributed by atoms with Crippen LogP contribution in [-0.2, 0) is 25.0 Å². The second-order valence-corrected chi connectivity index (χ2v) is 9.76. The average Bonchev–Trinajstić information content (AvgIpc) is 2.93. The van der Waals surface area contributed by atoms with E-state index in [1.165, 1.54) is 0 Å². The minimum absolute atomic E-state index is 0.160. The van der Waals surface area contributed by atoms with Crippen LogP contribution in [0.15, 0.2) is 42.2 Å². The summed E-state index contributed by atoms with van der Waals surface area (Å²) in [5, 5.41) is 20.2. The van der Waals surface area contributed by atoms with Gasteiger partial charge in [0, 0.05) is 17.5 Å². The van der Waals surface area contributed by atoms with E-state index in [4.69, 9.17) is 41.8 Å². The molecule has 0 aliphatic carbocycles. The molecule has 15 heteroatoms. The van der Waals surface area contributed by atoms with Gasteiger partial charge < -0.3 is 24.8 Å². The second kappa shape index (κ2) is 7.98. The van der Waals surface area contributed by atoms with E-state index in [0.29, 0.717) is 21.6 Å². The summed E-state index contributed by atoms with van der Waals surface area (Å²) in [5.74, 6) is -3.54. The fraction of sp³-hybridized carbons (Fsp3) is 0.421. The van der Waals surface area contributed by atoms with Gasteiger partial charge in [0.05, 0.1) is 12.0 Å². The van der Waals surface area contributed by atoms with Gasteiger partial charge in [0.2, 0.25) is 0 Å². The number of carbonyl (C=O) groups is 1. The lowest BCUT2D eigenvalue weighted by Gasteiger charge is -2.44. The zero-order chi connectivity index (χ0) is 25.3. The number of hydrogen-bond acceptors (Lipinski definition) is 8. The summed E-state index contributed by atoms with van der Waals surface area (Å²) in [5.41, 5.74) is -0.984. The molecule has 174 valence electrons. The van der Waals surface area contributed by atoms with Gasteiger partial charge in [-0.1, -0.05) is 24.8 Å². The molecule has 0 spiro atoms. The number of benzene rings is 1. The number of aryl methyl sites for hydroxylation is 1. The highest BCUT2D eigenvalue weighted by Gasteiger charge is 2.70. The maximum absolute atomic E-state index is 16.1. The molecule has 2 amide bonds. The molecule has 4 rings (SSSR count). The Kier molecular flexibility index (Phi) is 5.87. The van der Waals surface area contributed by atoms with Crippen LogP contribution in [0.25, 0.3) is 0 Å². The van der Waals surface area contributed by atoms with Crippen LogP contribution in [0, 0.1) is 6.92 Å². The summed E-state index contributed by atoms with van der Waals surface area (Å²) in [6.07, 6.45) is -3.73. The molecule has 1 aromatic rings. The van der Waals surface area contributed by atoms with Crippen LogP contribution >= 0.6 is 7.82 Å². The van der Waals surface area contributed by atoms with Gasteiger partial charge in [0.25, 0.3) is 5.85 Å². The molecule has 3 N–H and O–H groups in total. The lowest BCUT2D eigenvalue weighted by molar-refractivity contribution is -0.240. The third-order valence-corrected chi connectivity index (χ3v) is 7.11. The zero-order valence-electron chi connectivity index (χ0n) is 18.2. The van der Waals surface area contributed by atoms with Gasteiger partial charge in [0.1, 0.15) is 47.1 Å². The molecule has 0 bridgehead atoms. The van der Waals surface area contributed by atoms with Gasteiger partial charge in [-0.15, -0.1) is 0 Å². The normalized spacial score (nSPS) is 35.9. The number of nitrogens with zero attached hydrogens (tertiary/aromatic N) is 1. The van der Waals surface area contributed by atoms with Crippen molar-refractivity contribution in [2.45, 2.75) is 49.5 Å². The number of allylic oxidation sites excluding steroid dienone is 1. The van der Waals surface area contributed by atoms with E-state index in [2.05, 4.69) is 11.9 Å². The summed E-state index contributed by atoms with van der Waals surface area (Å²) in [6, 6.07) is 4.09. The Balaban J connectivity index is 1.64. The smallest absolute Gasteiger partial charge is 0.403 e. The molecule has 1 fully saturated rings. The second-order valence-electron chi connectivity index (χ2n) is 8.24. The number of phosphoric acid groups is 1. The monoisotopic (exact) mass is 486 g/mol. The number of aliphatic hydroxyl groups excluding tert-OH is 2. The molecule has 1 aromatic carbocycles. The maximum Gasteiger partial charge on any atom is 0.529 e. The summed E-state index contributed by atoms with van der Waals surface area (Å²) in [7, 11) is 12.9. The Labute approximate surface area is 198 Å². The summed E-state index contributed by atoms with van der Waals surface area (Å²) >= 11 is 0. The fourth-order valence-electron chi connectivity index (χ4n) is 3.70. The SMILES string of the molecule is [B]C([B])(OP1(=O)OCc2cccc(C)c2O1)[C@@]1(F)O[C@@]([B])(N2C=C(C)C(=C)NC2=O)[C@H](O)[C@@H]1O. The predicted octanol–water partition coefficient (Wildman–Crippen LogP) is 0.702. The number of carbonyl (C=O) groups excluding carboxylic acids is 1. The van der Waals surface area contributed by atoms with Crippen LogP contribution in [-0.4, -0.2) is 73.8 Å². The molecule has 0 aromatic heterocycles. The van der Waals surface area contributed by atoms with Crippen molar-refractivity contribution in [3.63, 3.8) is 0 Å². The van der Waals surface area contributed by atoms with Crippen molar-refractivity contribution >= 4 is 37.4 Å². The molecule has 10 nitrogen and oxygen atoms in total. The summed E-state index contributed by atoms with van der Waals surface area (Å²) in [6.45, 7) is 6.58. The number of hydrogen-bond donors (Lipinski definition) is 3. The third kappa shape index (κ3) is 3.73. The van der Waals surface area contributed by atoms with Crippen molar-refractivity contribution in [1.29, 1.82) is 0 Å². The number of phosphoric ester groups is 1. The molecular weight excluding hydrogens is 467 g/mol. The highest BCUT2D eigenvalue weighted by molar-refractivity contribution is 7.49. The van der Waals surface area contributed by atoms with Crippen LogP contribution in [0.2, 0.25) is 0 Å². The van der Waals surface area contributed by atoms with Crippen molar-refractivity contribution in [2.24, 2.45) is 0 Å². The third-order valence-electron chi connectivity index (χ3n) is 5.74. The van der Waals surface area contributed by atoms with Crippen LogP contribution in [0.4, 0.5) is 9.18 Å². The Morgan fingerprint density at radius 1 is 1.35 bits per heavy atom. The number of fused-ring (bicyclic) bond motifs is 1. The molecular formula is C19H19B3FN2O8P. The Bertz CT molecular complexity index is 1150. The molecule has 0 saturated carbocycles. The lowest BCUT2D eigenvalue weighted by Crippen LogP contribution is -2.62. The van der Waals surface area contributed by atoms with Gasteiger partial charge >= 0.3 is 13.9 Å². The van der Waals surface area contributed by atoms with E-state index >= 15 is 4.39 Å². The van der Waals surface area contributed by atoms with Crippen molar-refractivity contribution in [3.8, 4) is 5.75 Å². The number of para-hydroxylation sites is 1. The van der Waals surface area contributed by atoms with Gasteiger partial charge in [0.15, 0.2) is 0 Å². The first-order valence-electron chi connectivity index (χ1n) is 9.97. The van der Waals surface area contributed by atoms with Gasteiger partial charge in [-0.3, -0.25) is 13.9 Å². The minimum Gasteiger partial charge on any atom is -0.403 e. The van der Waals surface area contributed by atoms with Crippen LogP contribution in [0.3, 0.4) is 0 Å². The number of alkyl halides is 1. The standard InChI is InChI=1S/C19H19B3FN2O8P/c1-9-5-4-6-12-8-30-34(29,31-13(9)12)33-19(21,22)17(23)14(26)15(27)18(20,32-17)25-7-10(2)11(3)24-16(25)28/h4-7,14-15,26-27H,3,8H2,1-2H3,(H,24,28)/t14-,15+,17-,18-,34?/m0/s1. The molecule has 3 aliphatic rings. The highest BCUT2D eigenvalue weighted by Crippen LogP contribution is 2.59. The Morgan fingerprint density at radius 2 is 2.03 bits per heavy atom. The van der Waals surface area contributed by atoms with E-state index in [1.807, 2.05) is 0 Å². The van der Waals surface area contributed by atoms with Crippen LogP contribution < -0.4 is 9.84 Å². The van der Waals surface area contributed by atoms with Crippen molar-refractivity contribution < 1.29 is 42.3 Å². The zero-order valence-corrected chi connectivity index (χ0v) is 19.1. The predicted molar refractivity (Wildman–Crippen MR) is 118 cm³/mol. The largest absolute Gasteiger partial charge is 0.529 e. The number of halogens is 1. The first kappa shape index (κ1) is 25.0. The van der Waals surface area contributed by atoms with E-state index in [0.717, 1.165) is 6.20 Å². The molecule has 6 radical (unpaired) electrons. The Hall–Kier alpha value is -2.08. The number of nitrogens with one attached hydrogen (secondary N) is 1. The van der Waals surface area contributed by atoms with Gasteiger partial charge in [-0.2, -0.15) is 0 Å². The van der Waals surface area contributed by atoms with Crippen molar-refractivity contribution in [1.82, 2.24) is 10.2 Å². The van der Waals surface area contributed by atoms with Crippen LogP contribution in [0.1, 0.15) is 18.1 Å². The number of amides is 2. The first-order chi connectivity index (χ1) is 15.6. The first-order valence-corrected chi connectivity index (χ1v) is 11.4. The molecule has 34 heavy (non-hydrogen) atoms. The Morgan fingerprint density at radius 3 is 2.71 bits per heavy atom. The molecule has 3 aliphatic heterocycles. The molecule has 1 saturated heterocycles. The van der Waals surface area contributed by atoms with E-state index in [-0.39, 0.29) is 18.1 Å². The quantitative estimate of drug-likeness (QED) is 0.420. The summed E-state index contributed by atoms with van der Waals surface area (Å²) in [4.78, 5) is 13.0. The summed E-state index contributed by atoms with van der Waals surface area (Å²) < 4.78 is 49.8. The number of aliphatic hydroxyl groups is 2. The number of ether oxygens (including phenoxy) is 1. The van der Waals surface area contributed by atoms with Crippen molar-refractivity contribution in [2.75, 3.05) is 0 Å². The number of rotatable bonds is 4. The van der Waals surface area contributed by atoms with E-state index in [9.17, 15) is 19.6 Å². The lowest BCUT2D eigenvalue weighted by atomic mass is 9.59. The van der Waals surface area contributed by atoms with E-state index < -0.39 is 42.9 Å². The average molecular weight is 486 g/mol. The maximum atomic E-state index is 16.1. The van der Waals surface area contributed by atoms with E-state index in [1.54, 1.807) is 32.0 Å². The van der Waals surface area contributed by atoms with Crippen LogP contribution in [0.5, 0.6) is 5.75 Å². The fourth-order valence-corrected chi connectivity index (χ4v) is 5.12. The minimum atomic E-state index is -4.66.